The van der Waals surface area contributed by atoms with Crippen LogP contribution < -0.4 is 10.6 Å². The number of carboxylic acid groups (broad SMARTS) is 2. The van der Waals surface area contributed by atoms with E-state index >= 15 is 0 Å². The van der Waals surface area contributed by atoms with Gasteiger partial charge >= 0.3 is 11.9 Å². The van der Waals surface area contributed by atoms with Crippen molar-refractivity contribution >= 4 is 11.9 Å². The van der Waals surface area contributed by atoms with Crippen LogP contribution >= 0.6 is 0 Å². The first kappa shape index (κ1) is 14.8. The van der Waals surface area contributed by atoms with Gasteiger partial charge in [-0.15, -0.1) is 0 Å². The molecule has 0 fully saturated rings. The van der Waals surface area contributed by atoms with E-state index in [1.165, 1.54) is 13.8 Å². The van der Waals surface area contributed by atoms with Gasteiger partial charge in [0.25, 0.3) is 0 Å². The average Bonchev–Trinajstić information content (AvgIpc) is 1.98. The summed E-state index contributed by atoms with van der Waals surface area (Å²) in [5.74, 6) is -4.96. The van der Waals surface area contributed by atoms with E-state index in [-0.39, 0.29) is 0 Å². The minimum absolute atomic E-state index is 1.11. The third-order valence-corrected chi connectivity index (χ3v) is 1.71. The molecule has 2 atom stereocenters. The number of carboxylic acids is 2. The van der Waals surface area contributed by atoms with Crippen LogP contribution in [0.5, 0.6) is 0 Å². The molecule has 0 amide bonds. The van der Waals surface area contributed by atoms with Gasteiger partial charge in [-0.2, -0.15) is 0 Å². The van der Waals surface area contributed by atoms with Gasteiger partial charge in [-0.05, 0) is 13.8 Å². The number of aliphatic hydroxyl groups is 2. The summed E-state index contributed by atoms with van der Waals surface area (Å²) in [7, 11) is 0. The van der Waals surface area contributed by atoms with E-state index in [9.17, 15) is 9.59 Å². The van der Waals surface area contributed by atoms with Gasteiger partial charge in [-0.1, -0.05) is 0 Å². The lowest BCUT2D eigenvalue weighted by Crippen LogP contribution is -2.57. The Bertz CT molecular complexity index is 231. The van der Waals surface area contributed by atoms with Crippen LogP contribution in [-0.4, -0.2) is 51.0 Å². The fourth-order valence-electron chi connectivity index (χ4n) is 1.15. The Morgan fingerprint density at radius 2 is 1.25 bits per heavy atom. The van der Waals surface area contributed by atoms with E-state index < -0.39 is 36.5 Å². The van der Waals surface area contributed by atoms with Crippen molar-refractivity contribution in [2.75, 3.05) is 0 Å². The lowest BCUT2D eigenvalue weighted by Gasteiger charge is -2.26. The first-order chi connectivity index (χ1) is 7.25. The quantitative estimate of drug-likeness (QED) is 0.219. The van der Waals surface area contributed by atoms with Crippen LogP contribution in [-0.2, 0) is 9.59 Å². The molecule has 16 heavy (non-hydrogen) atoms. The van der Waals surface area contributed by atoms with Crippen molar-refractivity contribution in [1.82, 2.24) is 10.6 Å². The summed E-state index contributed by atoms with van der Waals surface area (Å²) < 4.78 is 0. The van der Waals surface area contributed by atoms with Gasteiger partial charge in [0.2, 0.25) is 0 Å². The number of nitrogens with one attached hydrogen (secondary N) is 2. The second-order valence-electron chi connectivity index (χ2n) is 3.32. The van der Waals surface area contributed by atoms with Gasteiger partial charge in [0.05, 0.1) is 6.17 Å². The third-order valence-electron chi connectivity index (χ3n) is 1.71. The summed E-state index contributed by atoms with van der Waals surface area (Å²) in [6.07, 6.45) is -3.51. The first-order valence-electron chi connectivity index (χ1n) is 4.59. The summed E-state index contributed by atoms with van der Waals surface area (Å²) in [5.41, 5.74) is 0. The number of hydrogen-bond acceptors (Lipinski definition) is 6. The lowest BCUT2D eigenvalue weighted by molar-refractivity contribution is -0.157. The highest BCUT2D eigenvalue weighted by molar-refractivity contribution is 5.93. The summed E-state index contributed by atoms with van der Waals surface area (Å²) >= 11 is 0. The van der Waals surface area contributed by atoms with E-state index in [4.69, 9.17) is 20.4 Å². The standard InChI is InChI=1S/C8H16N2O6/c1-3(11)9-6(10-4(2)12)5(7(13)14)8(15)16/h3-6,9-12H,1-2H3,(H,13,14)(H,15,16). The van der Waals surface area contributed by atoms with Crippen LogP contribution in [0.2, 0.25) is 0 Å². The van der Waals surface area contributed by atoms with Crippen molar-refractivity contribution in [3.05, 3.63) is 0 Å². The molecule has 0 aliphatic heterocycles. The van der Waals surface area contributed by atoms with Crippen LogP contribution in [0, 0.1) is 5.92 Å². The Morgan fingerprint density at radius 1 is 0.938 bits per heavy atom. The van der Waals surface area contributed by atoms with Gasteiger partial charge < -0.3 is 20.4 Å². The molecule has 0 aliphatic carbocycles. The molecule has 2 unspecified atom stereocenters. The Hall–Kier alpha value is -1.22. The van der Waals surface area contributed by atoms with Gasteiger partial charge in [0, 0.05) is 0 Å². The molecule has 8 nitrogen and oxygen atoms in total. The number of carbonyl (C=O) groups is 2. The molecule has 0 aromatic rings. The predicted octanol–water partition coefficient (Wildman–Crippen LogP) is -2.05. The molecule has 0 bridgehead atoms. The Labute approximate surface area is 91.9 Å². The molecular formula is C8H16N2O6. The summed E-state index contributed by atoms with van der Waals surface area (Å²) in [6, 6.07) is 0. The van der Waals surface area contributed by atoms with Crippen molar-refractivity contribution in [2.45, 2.75) is 32.5 Å². The fourth-order valence-corrected chi connectivity index (χ4v) is 1.15. The van der Waals surface area contributed by atoms with Crippen molar-refractivity contribution in [1.29, 1.82) is 0 Å². The highest BCUT2D eigenvalue weighted by atomic mass is 16.4. The number of aliphatic carboxylic acids is 2. The van der Waals surface area contributed by atoms with Crippen LogP contribution in [0.3, 0.4) is 0 Å². The summed E-state index contributed by atoms with van der Waals surface area (Å²) in [6.45, 7) is 2.61. The number of rotatable bonds is 7. The van der Waals surface area contributed by atoms with Crippen LogP contribution in [0.1, 0.15) is 13.8 Å². The van der Waals surface area contributed by atoms with Gasteiger partial charge in [0.1, 0.15) is 12.5 Å². The van der Waals surface area contributed by atoms with E-state index in [2.05, 4.69) is 10.6 Å². The third kappa shape index (κ3) is 5.03. The maximum atomic E-state index is 10.7. The molecule has 0 rings (SSSR count). The molecule has 94 valence electrons. The maximum Gasteiger partial charge on any atom is 0.320 e. The molecule has 0 saturated heterocycles. The fraction of sp³-hybridized carbons (Fsp3) is 0.750. The Morgan fingerprint density at radius 3 is 1.44 bits per heavy atom. The van der Waals surface area contributed by atoms with Crippen molar-refractivity contribution in [3.8, 4) is 0 Å². The first-order valence-corrected chi connectivity index (χ1v) is 4.59. The highest BCUT2D eigenvalue weighted by Gasteiger charge is 2.35. The molecule has 0 spiro atoms. The molecular weight excluding hydrogens is 220 g/mol. The van der Waals surface area contributed by atoms with Crippen molar-refractivity contribution < 1.29 is 30.0 Å². The van der Waals surface area contributed by atoms with Crippen LogP contribution in [0.15, 0.2) is 0 Å². The molecule has 8 heteroatoms. The molecule has 6 N–H and O–H groups in total. The molecule has 0 aromatic heterocycles. The zero-order valence-corrected chi connectivity index (χ0v) is 8.91. The van der Waals surface area contributed by atoms with E-state index in [0.29, 0.717) is 0 Å². The summed E-state index contributed by atoms with van der Waals surface area (Å²) in [5, 5.41) is 40.1. The lowest BCUT2D eigenvalue weighted by atomic mass is 10.1. The number of aliphatic hydroxyl groups excluding tert-OH is 2. The molecule has 0 radical (unpaired) electrons. The van der Waals surface area contributed by atoms with E-state index in [1.807, 2.05) is 0 Å². The van der Waals surface area contributed by atoms with Crippen molar-refractivity contribution in [2.24, 2.45) is 5.92 Å². The largest absolute Gasteiger partial charge is 0.481 e. The normalized spacial score (nSPS) is 16.8. The monoisotopic (exact) mass is 236 g/mol. The smallest absolute Gasteiger partial charge is 0.320 e. The topological polar surface area (TPSA) is 139 Å². The number of hydrogen-bond donors (Lipinski definition) is 6. The minimum atomic E-state index is -1.82. The molecule has 0 aliphatic rings. The highest BCUT2D eigenvalue weighted by Crippen LogP contribution is 2.04. The van der Waals surface area contributed by atoms with E-state index in [1.54, 1.807) is 0 Å². The SMILES string of the molecule is CC(O)NC(NC(C)O)C(C(=O)O)C(=O)O. The Balaban J connectivity index is 4.80. The minimum Gasteiger partial charge on any atom is -0.481 e. The van der Waals surface area contributed by atoms with Crippen molar-refractivity contribution in [3.63, 3.8) is 0 Å². The van der Waals surface area contributed by atoms with Gasteiger partial charge in [-0.25, -0.2) is 0 Å². The second kappa shape index (κ2) is 6.38. The van der Waals surface area contributed by atoms with Crippen LogP contribution in [0.4, 0.5) is 0 Å². The zero-order chi connectivity index (χ0) is 12.9. The maximum absolute atomic E-state index is 10.7. The molecule has 0 heterocycles. The van der Waals surface area contributed by atoms with E-state index in [0.717, 1.165) is 0 Å². The predicted molar refractivity (Wildman–Crippen MR) is 52.2 cm³/mol. The summed E-state index contributed by atoms with van der Waals surface area (Å²) in [4.78, 5) is 21.4. The van der Waals surface area contributed by atoms with Crippen LogP contribution in [0.25, 0.3) is 0 Å². The second-order valence-corrected chi connectivity index (χ2v) is 3.32. The van der Waals surface area contributed by atoms with Gasteiger partial charge in [-0.3, -0.25) is 20.2 Å². The van der Waals surface area contributed by atoms with Gasteiger partial charge in [0.15, 0.2) is 5.92 Å². The molecule has 0 aromatic carbocycles. The average molecular weight is 236 g/mol. The molecule has 0 saturated carbocycles. The zero-order valence-electron chi connectivity index (χ0n) is 8.91. The Kier molecular flexibility index (Phi) is 5.89.